The standard InChI is InChI=1S/C24H34N4S2/c1-5-8-14-28(15-9-6-2)22-21-20(26-24(27-22)29-4)19-17-13-10-12-16(17)18(11-7-3)25-23(19)30-21/h5-15H2,1-4H3. The number of aromatic nitrogens is 3. The van der Waals surface area contributed by atoms with Crippen molar-refractivity contribution in [1.29, 1.82) is 0 Å². The van der Waals surface area contributed by atoms with E-state index in [1.165, 1.54) is 76.7 Å². The van der Waals surface area contributed by atoms with E-state index in [1.54, 1.807) is 11.8 Å². The first kappa shape index (κ1) is 21.8. The number of fused-ring (bicyclic) bond motifs is 5. The second kappa shape index (κ2) is 9.82. The molecule has 0 unspecified atom stereocenters. The first-order valence-corrected chi connectivity index (χ1v) is 13.7. The summed E-state index contributed by atoms with van der Waals surface area (Å²) in [7, 11) is 0. The van der Waals surface area contributed by atoms with E-state index < -0.39 is 0 Å². The molecule has 0 fully saturated rings. The molecule has 3 aromatic rings. The maximum atomic E-state index is 5.18. The first-order valence-electron chi connectivity index (χ1n) is 11.7. The van der Waals surface area contributed by atoms with Gasteiger partial charge in [0.1, 0.15) is 4.83 Å². The Balaban J connectivity index is 1.95. The van der Waals surface area contributed by atoms with Gasteiger partial charge in [-0.1, -0.05) is 51.8 Å². The van der Waals surface area contributed by atoms with Crippen molar-refractivity contribution in [2.75, 3.05) is 24.2 Å². The van der Waals surface area contributed by atoms with Crippen molar-refractivity contribution < 1.29 is 0 Å². The average molecular weight is 443 g/mol. The van der Waals surface area contributed by atoms with Crippen LogP contribution in [0, 0.1) is 0 Å². The summed E-state index contributed by atoms with van der Waals surface area (Å²) in [6.07, 6.45) is 12.7. The highest BCUT2D eigenvalue weighted by Crippen LogP contribution is 2.43. The molecule has 4 rings (SSSR count). The SMILES string of the molecule is CCCCN(CCCC)c1nc(SC)nc2c1sc1nc(CCC)c3c(c12)CCC3. The lowest BCUT2D eigenvalue weighted by atomic mass is 10.0. The number of thioether (sulfide) groups is 1. The number of anilines is 1. The van der Waals surface area contributed by atoms with Gasteiger partial charge in [-0.3, -0.25) is 0 Å². The monoisotopic (exact) mass is 442 g/mol. The highest BCUT2D eigenvalue weighted by atomic mass is 32.2. The smallest absolute Gasteiger partial charge is 0.189 e. The lowest BCUT2D eigenvalue weighted by Gasteiger charge is -2.24. The number of unbranched alkanes of at least 4 members (excludes halogenated alkanes) is 2. The highest BCUT2D eigenvalue weighted by molar-refractivity contribution is 7.98. The molecule has 0 atom stereocenters. The van der Waals surface area contributed by atoms with Gasteiger partial charge in [0, 0.05) is 24.2 Å². The summed E-state index contributed by atoms with van der Waals surface area (Å²) in [5.74, 6) is 1.14. The Hall–Kier alpha value is -1.40. The zero-order valence-electron chi connectivity index (χ0n) is 18.9. The van der Waals surface area contributed by atoms with Gasteiger partial charge in [-0.2, -0.15) is 0 Å². The molecule has 0 saturated heterocycles. The molecule has 0 aliphatic heterocycles. The normalized spacial score (nSPS) is 13.5. The number of nitrogens with zero attached hydrogens (tertiary/aromatic N) is 4. The van der Waals surface area contributed by atoms with Gasteiger partial charge in [-0.15, -0.1) is 11.3 Å². The van der Waals surface area contributed by atoms with Crippen LogP contribution in [-0.2, 0) is 19.3 Å². The molecule has 0 amide bonds. The van der Waals surface area contributed by atoms with Crippen LogP contribution in [0.4, 0.5) is 5.82 Å². The van der Waals surface area contributed by atoms with Gasteiger partial charge in [-0.05, 0) is 55.9 Å². The van der Waals surface area contributed by atoms with Gasteiger partial charge in [-0.25, -0.2) is 15.0 Å². The van der Waals surface area contributed by atoms with Crippen molar-refractivity contribution >= 4 is 49.3 Å². The van der Waals surface area contributed by atoms with E-state index >= 15 is 0 Å². The highest BCUT2D eigenvalue weighted by Gasteiger charge is 2.25. The van der Waals surface area contributed by atoms with Gasteiger partial charge in [0.05, 0.1) is 10.2 Å². The van der Waals surface area contributed by atoms with E-state index in [1.807, 2.05) is 11.3 Å². The molecule has 162 valence electrons. The number of hydrogen-bond donors (Lipinski definition) is 0. The second-order valence-electron chi connectivity index (χ2n) is 8.31. The maximum Gasteiger partial charge on any atom is 0.189 e. The molecule has 4 nitrogen and oxygen atoms in total. The fourth-order valence-corrected chi connectivity index (χ4v) is 6.12. The molecule has 30 heavy (non-hydrogen) atoms. The molecule has 0 spiro atoms. The van der Waals surface area contributed by atoms with Crippen LogP contribution in [0.15, 0.2) is 5.16 Å². The summed E-state index contributed by atoms with van der Waals surface area (Å²) < 4.78 is 1.24. The minimum Gasteiger partial charge on any atom is -0.355 e. The maximum absolute atomic E-state index is 5.18. The zero-order chi connectivity index (χ0) is 21.1. The number of pyridine rings is 1. The molecular weight excluding hydrogens is 408 g/mol. The van der Waals surface area contributed by atoms with Gasteiger partial charge >= 0.3 is 0 Å². The van der Waals surface area contributed by atoms with Crippen LogP contribution in [0.3, 0.4) is 0 Å². The van der Waals surface area contributed by atoms with E-state index in [9.17, 15) is 0 Å². The third kappa shape index (κ3) is 4.05. The van der Waals surface area contributed by atoms with Crippen molar-refractivity contribution in [1.82, 2.24) is 15.0 Å². The molecule has 0 saturated carbocycles. The summed E-state index contributed by atoms with van der Waals surface area (Å²) in [4.78, 5) is 18.9. The predicted octanol–water partition coefficient (Wildman–Crippen LogP) is 6.81. The van der Waals surface area contributed by atoms with Crippen molar-refractivity contribution in [3.8, 4) is 0 Å². The van der Waals surface area contributed by atoms with E-state index in [0.29, 0.717) is 0 Å². The Morgan fingerprint density at radius 2 is 1.67 bits per heavy atom. The lowest BCUT2D eigenvalue weighted by molar-refractivity contribution is 0.670. The quantitative estimate of drug-likeness (QED) is 0.255. The Bertz CT molecular complexity index is 1020. The van der Waals surface area contributed by atoms with Gasteiger partial charge in [0.25, 0.3) is 0 Å². The fourth-order valence-electron chi connectivity index (χ4n) is 4.58. The Morgan fingerprint density at radius 3 is 2.33 bits per heavy atom. The average Bonchev–Trinajstić information content (AvgIpc) is 3.38. The number of thiophene rings is 1. The van der Waals surface area contributed by atoms with Gasteiger partial charge in [0.2, 0.25) is 0 Å². The van der Waals surface area contributed by atoms with Crippen LogP contribution in [0.25, 0.3) is 20.4 Å². The lowest BCUT2D eigenvalue weighted by Crippen LogP contribution is -2.26. The third-order valence-electron chi connectivity index (χ3n) is 6.11. The molecule has 0 bridgehead atoms. The summed E-state index contributed by atoms with van der Waals surface area (Å²) >= 11 is 3.48. The first-order chi connectivity index (χ1) is 14.7. The predicted molar refractivity (Wildman–Crippen MR) is 133 cm³/mol. The second-order valence-corrected chi connectivity index (χ2v) is 10.1. The summed E-state index contributed by atoms with van der Waals surface area (Å²) in [5, 5.41) is 2.21. The number of hydrogen-bond acceptors (Lipinski definition) is 6. The molecule has 0 aromatic carbocycles. The molecule has 1 aliphatic rings. The molecule has 3 heterocycles. The van der Waals surface area contributed by atoms with E-state index in [0.717, 1.165) is 42.4 Å². The topological polar surface area (TPSA) is 41.9 Å². The van der Waals surface area contributed by atoms with E-state index in [2.05, 4.69) is 31.9 Å². The number of aryl methyl sites for hydroxylation is 2. The van der Waals surface area contributed by atoms with Crippen LogP contribution < -0.4 is 4.90 Å². The Labute approximate surface area is 188 Å². The largest absolute Gasteiger partial charge is 0.355 e. The Kier molecular flexibility index (Phi) is 7.14. The zero-order valence-corrected chi connectivity index (χ0v) is 20.5. The van der Waals surface area contributed by atoms with Gasteiger partial charge in [0.15, 0.2) is 11.0 Å². The molecular formula is C24H34N4S2. The molecule has 0 radical (unpaired) electrons. The van der Waals surface area contributed by atoms with Crippen molar-refractivity contribution in [2.24, 2.45) is 0 Å². The van der Waals surface area contributed by atoms with Gasteiger partial charge < -0.3 is 4.90 Å². The molecule has 3 aromatic heterocycles. The summed E-state index contributed by atoms with van der Waals surface area (Å²) in [6, 6.07) is 0. The fraction of sp³-hybridized carbons (Fsp3) is 0.625. The summed E-state index contributed by atoms with van der Waals surface area (Å²) in [5.41, 5.74) is 5.53. The Morgan fingerprint density at radius 1 is 0.933 bits per heavy atom. The van der Waals surface area contributed by atoms with Crippen molar-refractivity contribution in [3.05, 3.63) is 16.8 Å². The van der Waals surface area contributed by atoms with Crippen LogP contribution in [-0.4, -0.2) is 34.3 Å². The van der Waals surface area contributed by atoms with Crippen LogP contribution in [0.2, 0.25) is 0 Å². The van der Waals surface area contributed by atoms with Crippen molar-refractivity contribution in [3.63, 3.8) is 0 Å². The minimum atomic E-state index is 0.888. The van der Waals surface area contributed by atoms with Crippen LogP contribution in [0.5, 0.6) is 0 Å². The number of rotatable bonds is 10. The van der Waals surface area contributed by atoms with Crippen LogP contribution in [0.1, 0.15) is 76.1 Å². The van der Waals surface area contributed by atoms with Crippen molar-refractivity contribution in [2.45, 2.75) is 83.7 Å². The third-order valence-corrected chi connectivity index (χ3v) is 7.73. The minimum absolute atomic E-state index is 0.888. The summed E-state index contributed by atoms with van der Waals surface area (Å²) in [6.45, 7) is 8.92. The van der Waals surface area contributed by atoms with E-state index in [4.69, 9.17) is 15.0 Å². The van der Waals surface area contributed by atoms with Crippen LogP contribution >= 0.6 is 23.1 Å². The molecule has 0 N–H and O–H groups in total. The molecule has 6 heteroatoms. The van der Waals surface area contributed by atoms with E-state index in [-0.39, 0.29) is 0 Å². The molecule has 1 aliphatic carbocycles.